The van der Waals surface area contributed by atoms with Gasteiger partial charge in [-0.15, -0.1) is 11.3 Å². The normalized spacial score (nSPS) is 17.5. The largest absolute Gasteiger partial charge is 0.482 e. The second-order valence-electron chi connectivity index (χ2n) is 4.94. The Balaban J connectivity index is 1.80. The van der Waals surface area contributed by atoms with Crippen LogP contribution in [-0.4, -0.2) is 45.7 Å². The van der Waals surface area contributed by atoms with Crippen LogP contribution in [0.1, 0.15) is 5.56 Å². The Morgan fingerprint density at radius 2 is 2.32 bits per heavy atom. The van der Waals surface area contributed by atoms with Gasteiger partial charge in [0, 0.05) is 18.6 Å². The number of aliphatic imine (C=N–C) groups is 1. The number of hydrogen-bond donors (Lipinski definition) is 1. The van der Waals surface area contributed by atoms with Crippen LogP contribution < -0.4 is 4.74 Å². The monoisotopic (exact) mass is 375 g/mol. The van der Waals surface area contributed by atoms with Gasteiger partial charge in [-0.3, -0.25) is 9.69 Å². The summed E-state index contributed by atoms with van der Waals surface area (Å²) in [7, 11) is 1.66. The number of benzene rings is 1. The molecular weight excluding hydrogens is 362 g/mol. The van der Waals surface area contributed by atoms with Crippen LogP contribution in [0.25, 0.3) is 6.08 Å². The first kappa shape index (κ1) is 17.2. The van der Waals surface area contributed by atoms with Crippen LogP contribution in [-0.2, 0) is 9.59 Å². The van der Waals surface area contributed by atoms with Crippen LogP contribution in [0, 0.1) is 0 Å². The molecule has 0 aliphatic carbocycles. The van der Waals surface area contributed by atoms with Crippen LogP contribution in [0.3, 0.4) is 0 Å². The lowest BCUT2D eigenvalue weighted by molar-refractivity contribution is -0.139. The van der Waals surface area contributed by atoms with Crippen molar-refractivity contribution in [1.82, 2.24) is 9.88 Å². The first-order valence-corrected chi connectivity index (χ1v) is 8.83. The predicted octanol–water partition coefficient (Wildman–Crippen LogP) is 2.84. The number of nitrogens with zero attached hydrogens (tertiary/aromatic N) is 3. The third-order valence-corrected chi connectivity index (χ3v) is 4.86. The number of likely N-dealkylation sites (N-methyl/N-ethyl adjacent to an activating group) is 1. The van der Waals surface area contributed by atoms with Gasteiger partial charge in [-0.25, -0.2) is 9.78 Å². The maximum absolute atomic E-state index is 12.4. The number of carbonyl (C=O) groups is 2. The molecule has 1 saturated heterocycles. The van der Waals surface area contributed by atoms with Gasteiger partial charge in [0.1, 0.15) is 5.75 Å². The number of amides is 1. The predicted molar refractivity (Wildman–Crippen MR) is 97.1 cm³/mol. The summed E-state index contributed by atoms with van der Waals surface area (Å²) in [5, 5.41) is 11.6. The molecule has 0 radical (unpaired) electrons. The number of carboxylic acids is 1. The van der Waals surface area contributed by atoms with Crippen molar-refractivity contribution in [3.8, 4) is 5.75 Å². The number of hydrogen-bond acceptors (Lipinski definition) is 7. The average molecular weight is 375 g/mol. The molecule has 25 heavy (non-hydrogen) atoms. The zero-order chi connectivity index (χ0) is 17.8. The van der Waals surface area contributed by atoms with Gasteiger partial charge in [-0.2, -0.15) is 4.99 Å². The first-order chi connectivity index (χ1) is 12.0. The highest BCUT2D eigenvalue weighted by molar-refractivity contribution is 8.18. The number of rotatable bonds is 5. The van der Waals surface area contributed by atoms with Crippen LogP contribution in [0.2, 0.25) is 0 Å². The molecule has 1 amide bonds. The summed E-state index contributed by atoms with van der Waals surface area (Å²) in [4.78, 5) is 33.4. The van der Waals surface area contributed by atoms with Gasteiger partial charge in [0.15, 0.2) is 11.8 Å². The molecule has 1 aromatic heterocycles. The van der Waals surface area contributed by atoms with E-state index in [-0.39, 0.29) is 5.91 Å². The summed E-state index contributed by atoms with van der Waals surface area (Å²) >= 11 is 2.66. The Labute approximate surface area is 151 Å². The van der Waals surface area contributed by atoms with E-state index in [1.54, 1.807) is 37.5 Å². The van der Waals surface area contributed by atoms with E-state index in [0.717, 1.165) is 5.56 Å². The van der Waals surface area contributed by atoms with Crippen LogP contribution in [0.15, 0.2) is 45.7 Å². The number of carbonyl (C=O) groups excluding carboxylic acids is 1. The third-order valence-electron chi connectivity index (χ3n) is 3.13. The van der Waals surface area contributed by atoms with E-state index in [2.05, 4.69) is 9.98 Å². The highest BCUT2D eigenvalue weighted by Crippen LogP contribution is 2.33. The molecule has 7 nitrogen and oxygen atoms in total. The summed E-state index contributed by atoms with van der Waals surface area (Å²) in [6.45, 7) is -0.416. The molecule has 1 aliphatic heterocycles. The number of carboxylic acid groups (broad SMARTS) is 1. The summed E-state index contributed by atoms with van der Waals surface area (Å²) in [6.07, 6.45) is 3.38. The number of aromatic nitrogens is 1. The molecule has 0 unspecified atom stereocenters. The Morgan fingerprint density at radius 1 is 1.48 bits per heavy atom. The molecular formula is C16H13N3O4S2. The third kappa shape index (κ3) is 4.25. The van der Waals surface area contributed by atoms with Crippen LogP contribution in [0.5, 0.6) is 5.75 Å². The molecule has 0 spiro atoms. The average Bonchev–Trinajstić information content (AvgIpc) is 3.18. The summed E-state index contributed by atoms with van der Waals surface area (Å²) < 4.78 is 5.15. The van der Waals surface area contributed by atoms with E-state index < -0.39 is 12.6 Å². The minimum atomic E-state index is -1.05. The standard InChI is InChI=1S/C16H13N3O4S2/c1-19-14(22)12(25-16(19)18-15-17-5-6-24-15)8-10-3-2-4-11(7-10)23-9-13(20)21/h2-8H,9H2,1H3,(H,20,21)/b12-8+,18-16+. The molecule has 3 rings (SSSR count). The lowest BCUT2D eigenvalue weighted by Crippen LogP contribution is -2.23. The summed E-state index contributed by atoms with van der Waals surface area (Å²) in [5.74, 6) is -0.774. The van der Waals surface area contributed by atoms with Crippen LogP contribution in [0.4, 0.5) is 5.13 Å². The van der Waals surface area contributed by atoms with Crippen molar-refractivity contribution in [2.75, 3.05) is 13.7 Å². The minimum absolute atomic E-state index is 0.155. The number of ether oxygens (including phenoxy) is 1. The smallest absolute Gasteiger partial charge is 0.341 e. The molecule has 0 atom stereocenters. The Kier molecular flexibility index (Phi) is 5.15. The van der Waals surface area contributed by atoms with E-state index in [1.165, 1.54) is 28.0 Å². The van der Waals surface area contributed by atoms with Crippen LogP contribution >= 0.6 is 23.1 Å². The molecule has 9 heteroatoms. The fourth-order valence-corrected chi connectivity index (χ4v) is 3.53. The van der Waals surface area contributed by atoms with E-state index in [4.69, 9.17) is 9.84 Å². The highest BCUT2D eigenvalue weighted by atomic mass is 32.2. The van der Waals surface area contributed by atoms with Gasteiger partial charge in [0.05, 0.1) is 4.91 Å². The second kappa shape index (κ2) is 7.49. The molecule has 2 aromatic rings. The first-order valence-electron chi connectivity index (χ1n) is 7.13. The van der Waals surface area contributed by atoms with Crippen molar-refractivity contribution >= 4 is 51.4 Å². The molecule has 128 valence electrons. The number of thiazole rings is 1. The minimum Gasteiger partial charge on any atom is -0.482 e. The van der Waals surface area contributed by atoms with Gasteiger partial charge >= 0.3 is 5.97 Å². The Morgan fingerprint density at radius 3 is 3.04 bits per heavy atom. The zero-order valence-electron chi connectivity index (χ0n) is 13.1. The van der Waals surface area contributed by atoms with Crippen molar-refractivity contribution in [2.24, 2.45) is 4.99 Å². The zero-order valence-corrected chi connectivity index (χ0v) is 14.7. The lowest BCUT2D eigenvalue weighted by Gasteiger charge is -2.06. The van der Waals surface area contributed by atoms with E-state index in [9.17, 15) is 9.59 Å². The Hall–Kier alpha value is -2.65. The van der Waals surface area contributed by atoms with Crippen molar-refractivity contribution in [3.05, 3.63) is 46.3 Å². The van der Waals surface area contributed by atoms with Gasteiger partial charge in [0.2, 0.25) is 5.13 Å². The highest BCUT2D eigenvalue weighted by Gasteiger charge is 2.30. The number of aliphatic carboxylic acids is 1. The van der Waals surface area contributed by atoms with Gasteiger partial charge < -0.3 is 9.84 Å². The van der Waals surface area contributed by atoms with E-state index >= 15 is 0 Å². The molecule has 0 saturated carbocycles. The molecule has 1 fully saturated rings. The fraction of sp³-hybridized carbons (Fsp3) is 0.125. The van der Waals surface area contributed by atoms with Gasteiger partial charge in [0.25, 0.3) is 5.91 Å². The topological polar surface area (TPSA) is 92.1 Å². The maximum atomic E-state index is 12.4. The lowest BCUT2D eigenvalue weighted by atomic mass is 10.2. The maximum Gasteiger partial charge on any atom is 0.341 e. The van der Waals surface area contributed by atoms with E-state index in [1.807, 2.05) is 11.4 Å². The SMILES string of the molecule is CN1C(=O)/C(=C\c2cccc(OCC(=O)O)c2)S/C1=N/c1nccs1. The van der Waals surface area contributed by atoms with Crippen molar-refractivity contribution in [2.45, 2.75) is 0 Å². The number of thioether (sulfide) groups is 1. The summed E-state index contributed by atoms with van der Waals surface area (Å²) in [5.41, 5.74) is 0.739. The molecule has 1 aliphatic rings. The van der Waals surface area contributed by atoms with Gasteiger partial charge in [-0.1, -0.05) is 12.1 Å². The molecule has 1 N–H and O–H groups in total. The number of amidine groups is 1. The summed E-state index contributed by atoms with van der Waals surface area (Å²) in [6, 6.07) is 6.89. The van der Waals surface area contributed by atoms with Crippen molar-refractivity contribution in [3.63, 3.8) is 0 Å². The van der Waals surface area contributed by atoms with Crippen molar-refractivity contribution in [1.29, 1.82) is 0 Å². The Bertz CT molecular complexity index is 862. The second-order valence-corrected chi connectivity index (χ2v) is 6.82. The molecule has 1 aromatic carbocycles. The quantitative estimate of drug-likeness (QED) is 0.808. The molecule has 0 bridgehead atoms. The van der Waals surface area contributed by atoms with E-state index in [0.29, 0.717) is 21.0 Å². The molecule has 2 heterocycles. The van der Waals surface area contributed by atoms with Gasteiger partial charge in [-0.05, 0) is 35.5 Å². The van der Waals surface area contributed by atoms with Crippen molar-refractivity contribution < 1.29 is 19.4 Å². The fourth-order valence-electron chi connectivity index (χ4n) is 2.00.